The topological polar surface area (TPSA) is 61.4 Å². The van der Waals surface area contributed by atoms with Crippen LogP contribution in [0.25, 0.3) is 10.8 Å². The van der Waals surface area contributed by atoms with Gasteiger partial charge in [-0.05, 0) is 49.4 Å². The second-order valence-electron chi connectivity index (χ2n) is 6.17. The number of aliphatic hydroxyl groups excluding tert-OH is 1. The zero-order chi connectivity index (χ0) is 16.7. The minimum absolute atomic E-state index is 0.0567. The van der Waals surface area contributed by atoms with Crippen LogP contribution in [0.15, 0.2) is 42.5 Å². The summed E-state index contributed by atoms with van der Waals surface area (Å²) in [6.07, 6.45) is 2.28. The van der Waals surface area contributed by atoms with Gasteiger partial charge in [-0.25, -0.2) is 4.79 Å². The van der Waals surface area contributed by atoms with Gasteiger partial charge in [0.15, 0.2) is 0 Å². The summed E-state index contributed by atoms with van der Waals surface area (Å²) in [5.41, 5.74) is 1.21. The minimum Gasteiger partial charge on any atom is -0.396 e. The molecule has 0 aromatic heterocycles. The Kier molecular flexibility index (Phi) is 6.41. The lowest BCUT2D eigenvalue weighted by Gasteiger charge is -2.18. The molecule has 0 radical (unpaired) electrons. The second-order valence-corrected chi connectivity index (χ2v) is 6.17. The van der Waals surface area contributed by atoms with E-state index >= 15 is 0 Å². The van der Waals surface area contributed by atoms with Crippen LogP contribution in [0.5, 0.6) is 0 Å². The number of rotatable bonds is 7. The molecule has 4 nitrogen and oxygen atoms in total. The number of carbonyl (C=O) groups excluding carboxylic acids is 1. The zero-order valence-electron chi connectivity index (χ0n) is 13.9. The van der Waals surface area contributed by atoms with Crippen LogP contribution < -0.4 is 10.6 Å². The van der Waals surface area contributed by atoms with E-state index in [2.05, 4.69) is 41.0 Å². The first-order chi connectivity index (χ1) is 11.1. The van der Waals surface area contributed by atoms with Crippen LogP contribution in [-0.4, -0.2) is 29.8 Å². The first kappa shape index (κ1) is 17.3. The van der Waals surface area contributed by atoms with Gasteiger partial charge >= 0.3 is 6.03 Å². The first-order valence-electron chi connectivity index (χ1n) is 8.24. The summed E-state index contributed by atoms with van der Waals surface area (Å²) >= 11 is 0. The summed E-state index contributed by atoms with van der Waals surface area (Å²) in [7, 11) is 0. The number of nitrogens with one attached hydrogen (secondary N) is 2. The molecule has 0 aliphatic heterocycles. The van der Waals surface area contributed by atoms with Crippen LogP contribution in [0.4, 0.5) is 4.79 Å². The highest BCUT2D eigenvalue weighted by Gasteiger charge is 2.11. The number of amides is 2. The van der Waals surface area contributed by atoms with Gasteiger partial charge in [0.05, 0.1) is 0 Å². The molecular formula is C19H26N2O2. The Bertz CT molecular complexity index is 642. The molecule has 2 atom stereocenters. The smallest absolute Gasteiger partial charge is 0.315 e. The van der Waals surface area contributed by atoms with Crippen molar-refractivity contribution in [1.82, 2.24) is 10.6 Å². The SMILES string of the molecule is C[C@@H](CCCO)NC(=O)N[C@@H](C)Cc1ccc2ccccc2c1. The van der Waals surface area contributed by atoms with E-state index in [0.29, 0.717) is 6.42 Å². The normalized spacial score (nSPS) is 13.5. The van der Waals surface area contributed by atoms with Gasteiger partial charge in [0.25, 0.3) is 0 Å². The highest BCUT2D eigenvalue weighted by atomic mass is 16.3. The van der Waals surface area contributed by atoms with E-state index in [9.17, 15) is 4.79 Å². The maximum absolute atomic E-state index is 11.9. The van der Waals surface area contributed by atoms with E-state index in [-0.39, 0.29) is 24.7 Å². The van der Waals surface area contributed by atoms with Gasteiger partial charge in [-0.15, -0.1) is 0 Å². The number of hydrogen-bond donors (Lipinski definition) is 3. The first-order valence-corrected chi connectivity index (χ1v) is 8.24. The van der Waals surface area contributed by atoms with Crippen LogP contribution in [0.1, 0.15) is 32.3 Å². The molecule has 3 N–H and O–H groups in total. The molecule has 0 unspecified atom stereocenters. The number of carbonyl (C=O) groups is 1. The molecule has 0 aliphatic carbocycles. The number of urea groups is 1. The van der Waals surface area contributed by atoms with Crippen molar-refractivity contribution in [1.29, 1.82) is 0 Å². The Balaban J connectivity index is 1.85. The Morgan fingerprint density at radius 1 is 1.04 bits per heavy atom. The maximum Gasteiger partial charge on any atom is 0.315 e. The van der Waals surface area contributed by atoms with E-state index in [1.54, 1.807) is 0 Å². The Hall–Kier alpha value is -2.07. The molecule has 0 bridgehead atoms. The van der Waals surface area contributed by atoms with Crippen LogP contribution in [-0.2, 0) is 6.42 Å². The summed E-state index contributed by atoms with van der Waals surface area (Å²) in [6.45, 7) is 4.11. The van der Waals surface area contributed by atoms with E-state index in [4.69, 9.17) is 5.11 Å². The molecule has 2 rings (SSSR count). The number of benzene rings is 2. The van der Waals surface area contributed by atoms with Gasteiger partial charge in [0.1, 0.15) is 0 Å². The largest absolute Gasteiger partial charge is 0.396 e. The standard InChI is InChI=1S/C19H26N2O2/c1-14(6-5-11-22)20-19(23)21-15(2)12-16-9-10-17-7-3-4-8-18(17)13-16/h3-4,7-10,13-15,22H,5-6,11-12H2,1-2H3,(H2,20,21,23)/t14-,15-/m0/s1. The van der Waals surface area contributed by atoms with Crippen LogP contribution in [0.2, 0.25) is 0 Å². The Morgan fingerprint density at radius 2 is 1.74 bits per heavy atom. The quantitative estimate of drug-likeness (QED) is 0.735. The number of aliphatic hydroxyl groups is 1. The molecule has 2 aromatic carbocycles. The third kappa shape index (κ3) is 5.57. The summed E-state index contributed by atoms with van der Waals surface area (Å²) < 4.78 is 0. The van der Waals surface area contributed by atoms with Gasteiger partial charge in [-0.1, -0.05) is 42.5 Å². The zero-order valence-corrected chi connectivity index (χ0v) is 13.9. The number of fused-ring (bicyclic) bond motifs is 1. The van der Waals surface area contributed by atoms with Crippen molar-refractivity contribution in [2.45, 2.75) is 45.2 Å². The van der Waals surface area contributed by atoms with Crippen molar-refractivity contribution < 1.29 is 9.90 Å². The van der Waals surface area contributed by atoms with Gasteiger partial charge in [-0.3, -0.25) is 0 Å². The monoisotopic (exact) mass is 314 g/mol. The summed E-state index contributed by atoms with van der Waals surface area (Å²) in [5.74, 6) is 0. The van der Waals surface area contributed by atoms with Crippen molar-refractivity contribution in [3.63, 3.8) is 0 Å². The molecule has 0 saturated carbocycles. The third-order valence-corrected chi connectivity index (χ3v) is 3.91. The van der Waals surface area contributed by atoms with Crippen molar-refractivity contribution in [2.24, 2.45) is 0 Å². The highest BCUT2D eigenvalue weighted by Crippen LogP contribution is 2.16. The molecule has 4 heteroatoms. The molecule has 2 aromatic rings. The number of hydrogen-bond acceptors (Lipinski definition) is 2. The predicted octanol–water partition coefficient (Wildman–Crippen LogP) is 3.23. The molecule has 0 heterocycles. The van der Waals surface area contributed by atoms with Gasteiger partial charge in [-0.2, -0.15) is 0 Å². The minimum atomic E-state index is -0.149. The van der Waals surface area contributed by atoms with Crippen molar-refractivity contribution >= 4 is 16.8 Å². The van der Waals surface area contributed by atoms with E-state index in [1.165, 1.54) is 16.3 Å². The average molecular weight is 314 g/mol. The molecule has 0 aliphatic rings. The average Bonchev–Trinajstić information content (AvgIpc) is 2.52. The van der Waals surface area contributed by atoms with Crippen molar-refractivity contribution in [2.75, 3.05) is 6.61 Å². The molecular weight excluding hydrogens is 288 g/mol. The van der Waals surface area contributed by atoms with Crippen LogP contribution in [0, 0.1) is 0 Å². The van der Waals surface area contributed by atoms with Gasteiger partial charge < -0.3 is 15.7 Å². The molecule has 23 heavy (non-hydrogen) atoms. The molecule has 124 valence electrons. The molecule has 2 amide bonds. The summed E-state index contributed by atoms with van der Waals surface area (Å²) in [6, 6.07) is 14.7. The fourth-order valence-corrected chi connectivity index (χ4v) is 2.73. The fraction of sp³-hybridized carbons (Fsp3) is 0.421. The molecule has 0 saturated heterocycles. The maximum atomic E-state index is 11.9. The predicted molar refractivity (Wildman–Crippen MR) is 94.6 cm³/mol. The molecule has 0 spiro atoms. The van der Waals surface area contributed by atoms with Crippen LogP contribution >= 0.6 is 0 Å². The summed E-state index contributed by atoms with van der Waals surface area (Å²) in [4.78, 5) is 11.9. The highest BCUT2D eigenvalue weighted by molar-refractivity contribution is 5.83. The lowest BCUT2D eigenvalue weighted by atomic mass is 10.0. The van der Waals surface area contributed by atoms with Crippen molar-refractivity contribution in [3.05, 3.63) is 48.0 Å². The van der Waals surface area contributed by atoms with E-state index in [1.807, 2.05) is 26.0 Å². The van der Waals surface area contributed by atoms with Crippen LogP contribution in [0.3, 0.4) is 0 Å². The molecule has 0 fully saturated rings. The van der Waals surface area contributed by atoms with Gasteiger partial charge in [0.2, 0.25) is 0 Å². The second kappa shape index (κ2) is 8.53. The third-order valence-electron chi connectivity index (χ3n) is 3.91. The van der Waals surface area contributed by atoms with Crippen molar-refractivity contribution in [3.8, 4) is 0 Å². The van der Waals surface area contributed by atoms with Gasteiger partial charge in [0, 0.05) is 18.7 Å². The lowest BCUT2D eigenvalue weighted by molar-refractivity contribution is 0.231. The summed E-state index contributed by atoms with van der Waals surface area (Å²) in [5, 5.41) is 17.1. The Labute approximate surface area is 137 Å². The van der Waals surface area contributed by atoms with E-state index in [0.717, 1.165) is 12.8 Å². The Morgan fingerprint density at radius 3 is 2.48 bits per heavy atom. The van der Waals surface area contributed by atoms with E-state index < -0.39 is 0 Å². The lowest BCUT2D eigenvalue weighted by Crippen LogP contribution is -2.45. The fourth-order valence-electron chi connectivity index (χ4n) is 2.73.